The maximum atomic E-state index is 13.5. The minimum Gasteiger partial charge on any atom is -0.320 e. The molecule has 35 heavy (non-hydrogen) atoms. The third-order valence-corrected chi connectivity index (χ3v) is 6.29. The summed E-state index contributed by atoms with van der Waals surface area (Å²) in [7, 11) is 0. The number of urea groups is 1. The lowest BCUT2D eigenvalue weighted by Crippen LogP contribution is -2.49. The van der Waals surface area contributed by atoms with E-state index in [0.29, 0.717) is 36.6 Å². The zero-order valence-electron chi connectivity index (χ0n) is 20.1. The molecule has 0 aliphatic carbocycles. The number of nitro groups is 1. The average Bonchev–Trinajstić information content (AvgIpc) is 2.82. The van der Waals surface area contributed by atoms with Crippen molar-refractivity contribution in [2.75, 3.05) is 23.3 Å². The lowest BCUT2D eigenvalue weighted by atomic mass is 10.1. The summed E-state index contributed by atoms with van der Waals surface area (Å²) in [6, 6.07) is 17.8. The summed E-state index contributed by atoms with van der Waals surface area (Å²) >= 11 is 0. The molecule has 1 aliphatic rings. The molecule has 8 heteroatoms. The van der Waals surface area contributed by atoms with Gasteiger partial charge in [-0.15, -0.1) is 0 Å². The summed E-state index contributed by atoms with van der Waals surface area (Å²) in [6.07, 6.45) is 0.795. The Hall–Kier alpha value is -4.20. The van der Waals surface area contributed by atoms with Crippen molar-refractivity contribution >= 4 is 29.0 Å². The normalized spacial score (nSPS) is 13.6. The van der Waals surface area contributed by atoms with Crippen LogP contribution >= 0.6 is 0 Å². The maximum Gasteiger partial charge on any atom is 0.324 e. The van der Waals surface area contributed by atoms with Crippen LogP contribution in [-0.2, 0) is 6.54 Å². The molecule has 0 unspecified atom stereocenters. The van der Waals surface area contributed by atoms with Crippen LogP contribution in [0.4, 0.5) is 21.9 Å². The van der Waals surface area contributed by atoms with Crippen LogP contribution in [0, 0.1) is 30.9 Å². The number of hydrogen-bond donors (Lipinski definition) is 1. The molecule has 0 aromatic heterocycles. The largest absolute Gasteiger partial charge is 0.324 e. The highest BCUT2D eigenvalue weighted by molar-refractivity contribution is 6.08. The highest BCUT2D eigenvalue weighted by Gasteiger charge is 2.29. The van der Waals surface area contributed by atoms with Gasteiger partial charge in [0, 0.05) is 36.8 Å². The molecule has 0 radical (unpaired) electrons. The fourth-order valence-corrected chi connectivity index (χ4v) is 4.27. The minimum absolute atomic E-state index is 0.111. The van der Waals surface area contributed by atoms with Crippen LogP contribution in [0.3, 0.4) is 0 Å². The predicted octanol–water partition coefficient (Wildman–Crippen LogP) is 5.60. The van der Waals surface area contributed by atoms with Gasteiger partial charge in [-0.1, -0.05) is 36.4 Å². The quantitative estimate of drug-likeness (QED) is 0.373. The lowest BCUT2D eigenvalue weighted by molar-refractivity contribution is -0.385. The van der Waals surface area contributed by atoms with Gasteiger partial charge in [-0.25, -0.2) is 4.79 Å². The molecule has 0 spiro atoms. The first-order valence-corrected chi connectivity index (χ1v) is 11.5. The Morgan fingerprint density at radius 1 is 1.00 bits per heavy atom. The molecule has 1 N–H and O–H groups in total. The fraction of sp³-hybridized carbons (Fsp3) is 0.259. The van der Waals surface area contributed by atoms with Crippen LogP contribution in [0.25, 0.3) is 0 Å². The Balaban J connectivity index is 1.60. The van der Waals surface area contributed by atoms with Gasteiger partial charge in [-0.05, 0) is 62.1 Å². The maximum absolute atomic E-state index is 13.5. The molecule has 1 heterocycles. The molecule has 1 fully saturated rings. The van der Waals surface area contributed by atoms with Crippen molar-refractivity contribution in [3.63, 3.8) is 0 Å². The van der Waals surface area contributed by atoms with Gasteiger partial charge in [0.1, 0.15) is 0 Å². The van der Waals surface area contributed by atoms with Crippen molar-refractivity contribution in [3.8, 4) is 0 Å². The van der Waals surface area contributed by atoms with Gasteiger partial charge in [-0.2, -0.15) is 0 Å². The third-order valence-electron chi connectivity index (χ3n) is 6.29. The van der Waals surface area contributed by atoms with Gasteiger partial charge < -0.3 is 10.2 Å². The van der Waals surface area contributed by atoms with E-state index in [-0.39, 0.29) is 17.3 Å². The summed E-state index contributed by atoms with van der Waals surface area (Å²) in [5.74, 6) is -0.471. The number of aryl methyl sites for hydroxylation is 3. The molecule has 1 saturated heterocycles. The molecule has 4 rings (SSSR count). The van der Waals surface area contributed by atoms with Gasteiger partial charge in [0.25, 0.3) is 11.6 Å². The van der Waals surface area contributed by atoms with Crippen LogP contribution < -0.4 is 10.2 Å². The van der Waals surface area contributed by atoms with E-state index in [1.165, 1.54) is 6.07 Å². The molecule has 3 aromatic carbocycles. The van der Waals surface area contributed by atoms with Crippen LogP contribution in [0.1, 0.15) is 39.0 Å². The van der Waals surface area contributed by atoms with Crippen LogP contribution in [0.5, 0.6) is 0 Å². The second-order valence-corrected chi connectivity index (χ2v) is 8.87. The van der Waals surface area contributed by atoms with Crippen molar-refractivity contribution in [2.24, 2.45) is 0 Å². The third kappa shape index (κ3) is 5.16. The highest BCUT2D eigenvalue weighted by Crippen LogP contribution is 2.31. The van der Waals surface area contributed by atoms with Crippen molar-refractivity contribution < 1.29 is 14.5 Å². The van der Waals surface area contributed by atoms with Crippen molar-refractivity contribution in [2.45, 2.75) is 33.7 Å². The van der Waals surface area contributed by atoms with E-state index in [4.69, 9.17) is 0 Å². The van der Waals surface area contributed by atoms with Gasteiger partial charge in [0.2, 0.25) is 0 Å². The number of nitro benzene ring substituents is 1. The molecule has 0 atom stereocenters. The lowest BCUT2D eigenvalue weighted by Gasteiger charge is -2.36. The Labute approximate surface area is 204 Å². The van der Waals surface area contributed by atoms with Crippen LogP contribution in [0.15, 0.2) is 60.7 Å². The number of anilines is 2. The summed E-state index contributed by atoms with van der Waals surface area (Å²) in [5, 5.41) is 14.2. The molecule has 3 amide bonds. The molecule has 1 aliphatic heterocycles. The first-order chi connectivity index (χ1) is 16.7. The van der Waals surface area contributed by atoms with Gasteiger partial charge >= 0.3 is 6.03 Å². The van der Waals surface area contributed by atoms with E-state index >= 15 is 0 Å². The van der Waals surface area contributed by atoms with E-state index in [0.717, 1.165) is 23.1 Å². The van der Waals surface area contributed by atoms with Gasteiger partial charge in [0.15, 0.2) is 0 Å². The Bertz CT molecular complexity index is 1300. The molecule has 180 valence electrons. The second kappa shape index (κ2) is 9.97. The fourth-order valence-electron chi connectivity index (χ4n) is 4.27. The Morgan fingerprint density at radius 2 is 1.77 bits per heavy atom. The number of hydrogen-bond acceptors (Lipinski definition) is 4. The van der Waals surface area contributed by atoms with E-state index in [1.807, 2.05) is 61.2 Å². The summed E-state index contributed by atoms with van der Waals surface area (Å²) < 4.78 is 0. The topological polar surface area (TPSA) is 95.8 Å². The van der Waals surface area contributed by atoms with Crippen LogP contribution in [-0.4, -0.2) is 34.9 Å². The van der Waals surface area contributed by atoms with E-state index in [1.54, 1.807) is 24.0 Å². The highest BCUT2D eigenvalue weighted by atomic mass is 16.6. The molecular formula is C27H28N4O4. The molecule has 0 bridgehead atoms. The number of nitrogens with zero attached hydrogens (tertiary/aromatic N) is 3. The summed E-state index contributed by atoms with van der Waals surface area (Å²) in [6.45, 7) is 7.27. The minimum atomic E-state index is -0.500. The van der Waals surface area contributed by atoms with Crippen molar-refractivity contribution in [3.05, 3.63) is 98.6 Å². The average molecular weight is 473 g/mol. The zero-order valence-corrected chi connectivity index (χ0v) is 20.1. The molecular weight excluding hydrogens is 444 g/mol. The van der Waals surface area contributed by atoms with Crippen LogP contribution in [0.2, 0.25) is 0 Å². The molecule has 0 saturated carbocycles. The van der Waals surface area contributed by atoms with E-state index in [9.17, 15) is 19.7 Å². The van der Waals surface area contributed by atoms with Crippen molar-refractivity contribution in [1.82, 2.24) is 4.90 Å². The zero-order chi connectivity index (χ0) is 25.1. The smallest absolute Gasteiger partial charge is 0.320 e. The number of rotatable bonds is 6. The second-order valence-electron chi connectivity index (χ2n) is 8.87. The van der Waals surface area contributed by atoms with Crippen molar-refractivity contribution in [1.29, 1.82) is 0 Å². The van der Waals surface area contributed by atoms with E-state index < -0.39 is 10.8 Å². The first-order valence-electron chi connectivity index (χ1n) is 11.5. The Kier molecular flexibility index (Phi) is 6.82. The number of carbonyl (C=O) groups is 2. The Morgan fingerprint density at radius 3 is 2.51 bits per heavy atom. The van der Waals surface area contributed by atoms with Gasteiger partial charge in [-0.3, -0.25) is 19.8 Å². The summed E-state index contributed by atoms with van der Waals surface area (Å²) in [4.78, 5) is 40.8. The van der Waals surface area contributed by atoms with Gasteiger partial charge in [0.05, 0.1) is 16.3 Å². The number of nitrogens with one attached hydrogen (secondary N) is 1. The predicted molar refractivity (Wildman–Crippen MR) is 136 cm³/mol. The SMILES string of the molecule is Cc1ccc(N2CCCN(Cc3ccccc3C)C2=O)c(NC(=O)c2ccc(C)c([N+](=O)[O-])c2)c1. The first kappa shape index (κ1) is 23.9. The number of carbonyl (C=O) groups excluding carboxylic acids is 2. The summed E-state index contributed by atoms with van der Waals surface area (Å²) in [5.41, 5.74) is 4.79. The molecule has 3 aromatic rings. The number of benzene rings is 3. The molecule has 8 nitrogen and oxygen atoms in total. The standard InChI is InChI=1S/C27H28N4O4/c1-18-9-12-24(23(15-18)28-26(32)21-11-10-20(3)25(16-21)31(34)35)30-14-6-13-29(27(30)33)17-22-8-5-4-7-19(22)2/h4-5,7-12,15-16H,6,13-14,17H2,1-3H3,(H,28,32). The van der Waals surface area contributed by atoms with E-state index in [2.05, 4.69) is 5.32 Å². The number of amides is 3. The monoisotopic (exact) mass is 472 g/mol.